The molecule has 4 aromatic carbocycles. The Labute approximate surface area is 187 Å². The number of aryl methyl sites for hydroxylation is 7. The van der Waals surface area contributed by atoms with E-state index >= 15 is 0 Å². The second-order valence-electron chi connectivity index (χ2n) is 8.60. The molecular weight excluding hydrogens is 372 g/mol. The Morgan fingerprint density at radius 2 is 0.581 bits per heavy atom. The van der Waals surface area contributed by atoms with E-state index in [1.54, 1.807) is 0 Å². The van der Waals surface area contributed by atoms with Crippen LogP contribution in [0.5, 0.6) is 0 Å². The third-order valence-corrected chi connectivity index (χ3v) is 6.12. The van der Waals surface area contributed by atoms with Gasteiger partial charge in [-0.25, -0.2) is 0 Å². The number of benzene rings is 4. The van der Waals surface area contributed by atoms with Crippen LogP contribution in [0.1, 0.15) is 38.9 Å². The smallest absolute Gasteiger partial charge is 0.0238 e. The molecule has 0 unspecified atom stereocenters. The quantitative estimate of drug-likeness (QED) is 0.273. The molecule has 156 valence electrons. The van der Waals surface area contributed by atoms with E-state index in [0.717, 1.165) is 38.5 Å². The van der Waals surface area contributed by atoms with Crippen molar-refractivity contribution in [3.63, 3.8) is 0 Å². The highest BCUT2D eigenvalue weighted by Gasteiger charge is 2.01. The SMILES string of the molecule is Cc1ccc(CCc2ccc(CCc3ccc(CCc4ccccc4)cc3)cc2)cc1. The van der Waals surface area contributed by atoms with E-state index in [-0.39, 0.29) is 0 Å². The summed E-state index contributed by atoms with van der Waals surface area (Å²) in [4.78, 5) is 0. The van der Waals surface area contributed by atoms with E-state index < -0.39 is 0 Å². The molecular formula is C31H32. The van der Waals surface area contributed by atoms with Crippen LogP contribution in [0, 0.1) is 6.92 Å². The van der Waals surface area contributed by atoms with Crippen LogP contribution < -0.4 is 0 Å². The fourth-order valence-corrected chi connectivity index (χ4v) is 4.01. The fraction of sp³-hybridized carbons (Fsp3) is 0.226. The molecule has 0 bridgehead atoms. The Kier molecular flexibility index (Phi) is 7.34. The Balaban J connectivity index is 1.22. The molecule has 0 atom stereocenters. The second-order valence-corrected chi connectivity index (χ2v) is 8.60. The molecule has 0 amide bonds. The first-order valence-electron chi connectivity index (χ1n) is 11.5. The van der Waals surface area contributed by atoms with Crippen LogP contribution in [0.3, 0.4) is 0 Å². The Morgan fingerprint density at radius 3 is 0.903 bits per heavy atom. The van der Waals surface area contributed by atoms with Gasteiger partial charge in [0.1, 0.15) is 0 Å². The largest absolute Gasteiger partial charge is 0.0622 e. The summed E-state index contributed by atoms with van der Waals surface area (Å²) in [6, 6.07) is 38.1. The van der Waals surface area contributed by atoms with Gasteiger partial charge >= 0.3 is 0 Å². The number of rotatable bonds is 9. The molecule has 0 aliphatic heterocycles. The van der Waals surface area contributed by atoms with E-state index in [1.807, 2.05) is 0 Å². The molecule has 0 aliphatic carbocycles. The van der Waals surface area contributed by atoms with Crippen LogP contribution in [0.15, 0.2) is 103 Å². The van der Waals surface area contributed by atoms with Crippen molar-refractivity contribution in [1.29, 1.82) is 0 Å². The molecule has 0 heteroatoms. The molecule has 0 radical (unpaired) electrons. The van der Waals surface area contributed by atoms with Crippen LogP contribution in [-0.4, -0.2) is 0 Å². The van der Waals surface area contributed by atoms with Crippen molar-refractivity contribution in [3.05, 3.63) is 142 Å². The van der Waals surface area contributed by atoms with Crippen LogP contribution in [0.4, 0.5) is 0 Å². The highest BCUT2D eigenvalue weighted by atomic mass is 14.1. The van der Waals surface area contributed by atoms with Gasteiger partial charge < -0.3 is 0 Å². The minimum absolute atomic E-state index is 1.10. The maximum absolute atomic E-state index is 2.30. The van der Waals surface area contributed by atoms with Crippen molar-refractivity contribution in [1.82, 2.24) is 0 Å². The molecule has 0 nitrogen and oxygen atoms in total. The van der Waals surface area contributed by atoms with Gasteiger partial charge in [-0.2, -0.15) is 0 Å². The minimum Gasteiger partial charge on any atom is -0.0622 e. The molecule has 4 aromatic rings. The van der Waals surface area contributed by atoms with Crippen molar-refractivity contribution >= 4 is 0 Å². The zero-order valence-electron chi connectivity index (χ0n) is 18.6. The molecule has 4 rings (SSSR count). The summed E-state index contributed by atoms with van der Waals surface area (Å²) < 4.78 is 0. The van der Waals surface area contributed by atoms with Gasteiger partial charge in [-0.3, -0.25) is 0 Å². The van der Waals surface area contributed by atoms with Crippen molar-refractivity contribution in [2.75, 3.05) is 0 Å². The number of hydrogen-bond acceptors (Lipinski definition) is 0. The molecule has 0 fully saturated rings. The molecule has 0 aliphatic rings. The van der Waals surface area contributed by atoms with Crippen LogP contribution in [0.2, 0.25) is 0 Å². The molecule has 31 heavy (non-hydrogen) atoms. The molecule has 0 aromatic heterocycles. The molecule has 0 spiro atoms. The molecule has 0 saturated heterocycles. The molecule has 0 heterocycles. The van der Waals surface area contributed by atoms with Gasteiger partial charge in [-0.1, -0.05) is 109 Å². The molecule has 0 N–H and O–H groups in total. The maximum Gasteiger partial charge on any atom is -0.0238 e. The van der Waals surface area contributed by atoms with E-state index in [9.17, 15) is 0 Å². The Bertz CT molecular complexity index is 1040. The highest BCUT2D eigenvalue weighted by molar-refractivity contribution is 5.28. The average Bonchev–Trinajstić information content (AvgIpc) is 2.83. The van der Waals surface area contributed by atoms with Gasteiger partial charge in [-0.15, -0.1) is 0 Å². The van der Waals surface area contributed by atoms with Gasteiger partial charge in [-0.05, 0) is 78.8 Å². The first-order valence-corrected chi connectivity index (χ1v) is 11.5. The average molecular weight is 405 g/mol. The third kappa shape index (κ3) is 6.69. The van der Waals surface area contributed by atoms with Crippen molar-refractivity contribution < 1.29 is 0 Å². The summed E-state index contributed by atoms with van der Waals surface area (Å²) in [6.45, 7) is 2.14. The van der Waals surface area contributed by atoms with Crippen LogP contribution >= 0.6 is 0 Å². The lowest BCUT2D eigenvalue weighted by molar-refractivity contribution is 0.932. The monoisotopic (exact) mass is 404 g/mol. The summed E-state index contributed by atoms with van der Waals surface area (Å²) in [7, 11) is 0. The fourth-order valence-electron chi connectivity index (χ4n) is 4.01. The zero-order chi connectivity index (χ0) is 21.3. The first kappa shape index (κ1) is 21.1. The number of hydrogen-bond donors (Lipinski definition) is 0. The van der Waals surface area contributed by atoms with Gasteiger partial charge in [0.15, 0.2) is 0 Å². The van der Waals surface area contributed by atoms with Crippen molar-refractivity contribution in [2.45, 2.75) is 45.4 Å². The lowest BCUT2D eigenvalue weighted by Crippen LogP contribution is -1.95. The Morgan fingerprint density at radius 1 is 0.323 bits per heavy atom. The predicted molar refractivity (Wildman–Crippen MR) is 133 cm³/mol. The second kappa shape index (κ2) is 10.8. The van der Waals surface area contributed by atoms with Gasteiger partial charge in [0, 0.05) is 0 Å². The topological polar surface area (TPSA) is 0 Å². The lowest BCUT2D eigenvalue weighted by Gasteiger charge is -2.07. The standard InChI is InChI=1S/C31H32/c1-25-7-9-27(10-8-25)13-14-29-19-21-31(22-20-29)24-23-30-17-15-28(16-18-30)12-11-26-5-3-2-4-6-26/h2-10,15-22H,11-14,23-24H2,1H3. The summed E-state index contributed by atoms with van der Waals surface area (Å²) >= 11 is 0. The summed E-state index contributed by atoms with van der Waals surface area (Å²) in [5.74, 6) is 0. The summed E-state index contributed by atoms with van der Waals surface area (Å²) in [6.07, 6.45) is 6.62. The van der Waals surface area contributed by atoms with Crippen molar-refractivity contribution in [2.24, 2.45) is 0 Å². The normalized spacial score (nSPS) is 10.9. The van der Waals surface area contributed by atoms with E-state index in [1.165, 1.54) is 38.9 Å². The summed E-state index contributed by atoms with van der Waals surface area (Å²) in [5.41, 5.74) is 9.85. The minimum atomic E-state index is 1.10. The predicted octanol–water partition coefficient (Wildman–Crippen LogP) is 7.35. The van der Waals surface area contributed by atoms with Crippen LogP contribution in [-0.2, 0) is 38.5 Å². The van der Waals surface area contributed by atoms with E-state index in [2.05, 4.69) is 110 Å². The van der Waals surface area contributed by atoms with Gasteiger partial charge in [0.2, 0.25) is 0 Å². The molecule has 0 saturated carbocycles. The zero-order valence-corrected chi connectivity index (χ0v) is 18.6. The third-order valence-electron chi connectivity index (χ3n) is 6.12. The van der Waals surface area contributed by atoms with Gasteiger partial charge in [0.05, 0.1) is 0 Å². The maximum atomic E-state index is 2.30. The first-order chi connectivity index (χ1) is 15.2. The Hall–Kier alpha value is -3.12. The highest BCUT2D eigenvalue weighted by Crippen LogP contribution is 2.14. The summed E-state index contributed by atoms with van der Waals surface area (Å²) in [5, 5.41) is 0. The lowest BCUT2D eigenvalue weighted by atomic mass is 9.99. The van der Waals surface area contributed by atoms with E-state index in [0.29, 0.717) is 0 Å². The van der Waals surface area contributed by atoms with E-state index in [4.69, 9.17) is 0 Å². The van der Waals surface area contributed by atoms with Crippen LogP contribution in [0.25, 0.3) is 0 Å². The van der Waals surface area contributed by atoms with Crippen molar-refractivity contribution in [3.8, 4) is 0 Å². The van der Waals surface area contributed by atoms with Gasteiger partial charge in [0.25, 0.3) is 0 Å².